The molecule has 0 aliphatic carbocycles. The highest BCUT2D eigenvalue weighted by Gasteiger charge is 2.35. The first kappa shape index (κ1) is 37.9. The van der Waals surface area contributed by atoms with Gasteiger partial charge < -0.3 is 19.9 Å². The highest BCUT2D eigenvalue weighted by Crippen LogP contribution is 2.32. The van der Waals surface area contributed by atoms with Crippen molar-refractivity contribution < 1.29 is 31.9 Å². The van der Waals surface area contributed by atoms with E-state index in [0.717, 1.165) is 6.07 Å². The van der Waals surface area contributed by atoms with Gasteiger partial charge in [-0.1, -0.05) is 25.1 Å². The molecule has 3 amide bonds. The molecule has 3 aromatic carbocycles. The molecule has 0 aliphatic heterocycles. The Kier molecular flexibility index (Phi) is 12.3. The van der Waals surface area contributed by atoms with Crippen LogP contribution in [0, 0.1) is 5.82 Å². The minimum Gasteiger partial charge on any atom is -0.494 e. The van der Waals surface area contributed by atoms with E-state index in [9.17, 15) is 31.9 Å². The van der Waals surface area contributed by atoms with Crippen molar-refractivity contribution >= 4 is 22.8 Å². The number of alkyl halides is 3. The average molecular weight is 698 g/mol. The number of carbonyl (C=O) groups excluding carboxylic acids is 2. The fourth-order valence-corrected chi connectivity index (χ4v) is 5.97. The van der Waals surface area contributed by atoms with Gasteiger partial charge in [0.2, 0.25) is 5.91 Å². The maximum atomic E-state index is 14.3. The average Bonchev–Trinajstić information content (AvgIpc) is 3.06. The maximum absolute atomic E-state index is 14.3. The highest BCUT2D eigenvalue weighted by atomic mass is 19.4. The zero-order valence-corrected chi connectivity index (χ0v) is 29.1. The summed E-state index contributed by atoms with van der Waals surface area (Å²) in [6.45, 7) is 11.7. The normalized spacial score (nSPS) is 12.9. The molecule has 50 heavy (non-hydrogen) atoms. The molecule has 0 saturated carbocycles. The number of para-hydroxylation sites is 1. The molecule has 0 aliphatic rings. The lowest BCUT2D eigenvalue weighted by Gasteiger charge is -2.38. The number of nitrogens with zero attached hydrogens (tertiary/aromatic N) is 4. The Hall–Kier alpha value is -4.94. The Balaban J connectivity index is 1.86. The number of hydrogen-bond donors (Lipinski definition) is 1. The summed E-state index contributed by atoms with van der Waals surface area (Å²) < 4.78 is 61.9. The molecule has 4 aromatic rings. The topological polar surface area (TPSA) is 96.8 Å². The second-order valence-corrected chi connectivity index (χ2v) is 12.3. The zero-order chi connectivity index (χ0) is 36.7. The zero-order valence-electron chi connectivity index (χ0n) is 29.1. The summed E-state index contributed by atoms with van der Waals surface area (Å²) in [6, 6.07) is 13.9. The third kappa shape index (κ3) is 8.61. The number of ether oxygens (including phenoxy) is 1. The van der Waals surface area contributed by atoms with Crippen molar-refractivity contribution in [2.45, 2.75) is 78.7 Å². The quantitative estimate of drug-likeness (QED) is 0.148. The monoisotopic (exact) mass is 697 g/mol. The first-order chi connectivity index (χ1) is 23.7. The molecule has 0 saturated heterocycles. The van der Waals surface area contributed by atoms with E-state index >= 15 is 0 Å². The Bertz CT molecular complexity index is 1860. The molecule has 1 heterocycles. The molecule has 0 bridgehead atoms. The van der Waals surface area contributed by atoms with Crippen LogP contribution in [0.3, 0.4) is 0 Å². The number of urea groups is 1. The Morgan fingerprint density at radius 1 is 0.980 bits per heavy atom. The van der Waals surface area contributed by atoms with Crippen molar-refractivity contribution in [1.29, 1.82) is 0 Å². The van der Waals surface area contributed by atoms with Crippen molar-refractivity contribution in [3.63, 3.8) is 0 Å². The summed E-state index contributed by atoms with van der Waals surface area (Å²) in [5.74, 6) is -1.27. The van der Waals surface area contributed by atoms with E-state index in [1.807, 2.05) is 27.7 Å². The number of benzene rings is 3. The van der Waals surface area contributed by atoms with Gasteiger partial charge in [0.15, 0.2) is 0 Å². The molecule has 0 fully saturated rings. The predicted octanol–water partition coefficient (Wildman–Crippen LogP) is 7.29. The van der Waals surface area contributed by atoms with Gasteiger partial charge >= 0.3 is 12.2 Å². The van der Waals surface area contributed by atoms with Crippen LogP contribution in [0.4, 0.5) is 22.4 Å². The molecule has 4 rings (SSSR count). The fraction of sp³-hybridized carbons (Fsp3) is 0.405. The van der Waals surface area contributed by atoms with Gasteiger partial charge in [-0.2, -0.15) is 13.2 Å². The fourth-order valence-electron chi connectivity index (χ4n) is 5.97. The highest BCUT2D eigenvalue weighted by molar-refractivity contribution is 5.81. The number of halogens is 4. The minimum atomic E-state index is -4.96. The van der Waals surface area contributed by atoms with Crippen LogP contribution in [0.5, 0.6) is 5.75 Å². The van der Waals surface area contributed by atoms with E-state index in [2.05, 4.69) is 5.32 Å². The summed E-state index contributed by atoms with van der Waals surface area (Å²) in [6.07, 6.45) is -4.76. The van der Waals surface area contributed by atoms with Crippen molar-refractivity contribution in [2.24, 2.45) is 0 Å². The largest absolute Gasteiger partial charge is 0.494 e. The van der Waals surface area contributed by atoms with E-state index in [1.54, 1.807) is 67.3 Å². The van der Waals surface area contributed by atoms with E-state index < -0.39 is 47.5 Å². The first-order valence-corrected chi connectivity index (χ1v) is 16.6. The van der Waals surface area contributed by atoms with Crippen LogP contribution >= 0.6 is 0 Å². The molecular formula is C37H43F4N5O4. The van der Waals surface area contributed by atoms with E-state index in [1.165, 1.54) is 9.47 Å². The Morgan fingerprint density at radius 3 is 2.28 bits per heavy atom. The SMILES string of the molecule is CCCNC(=O)N(C(C)C)[C@@H](C)CN(C(=O)Cc1ccc(F)c(C(F)(F)F)c1)[C@H](C)c1nc2ccccc2c(=O)n1-c1ccc(OCC)cc1. The van der Waals surface area contributed by atoms with E-state index in [4.69, 9.17) is 9.72 Å². The number of fused-ring (bicyclic) bond motifs is 1. The lowest BCUT2D eigenvalue weighted by atomic mass is 10.0. The molecule has 1 N–H and O–H groups in total. The third-order valence-corrected chi connectivity index (χ3v) is 8.31. The van der Waals surface area contributed by atoms with Crippen molar-refractivity contribution in [3.8, 4) is 11.4 Å². The second-order valence-electron chi connectivity index (χ2n) is 12.3. The van der Waals surface area contributed by atoms with Gasteiger partial charge in [-0.25, -0.2) is 14.2 Å². The van der Waals surface area contributed by atoms with Crippen LogP contribution in [0.1, 0.15) is 71.0 Å². The second kappa shape index (κ2) is 16.2. The molecule has 268 valence electrons. The van der Waals surface area contributed by atoms with Gasteiger partial charge in [-0.05, 0) is 95.1 Å². The Labute approximate surface area is 288 Å². The number of carbonyl (C=O) groups is 2. The maximum Gasteiger partial charge on any atom is 0.419 e. The smallest absolute Gasteiger partial charge is 0.419 e. The molecule has 0 spiro atoms. The number of rotatable bonds is 13. The third-order valence-electron chi connectivity index (χ3n) is 8.31. The van der Waals surface area contributed by atoms with Gasteiger partial charge in [-0.15, -0.1) is 0 Å². The van der Waals surface area contributed by atoms with Crippen molar-refractivity contribution in [2.75, 3.05) is 19.7 Å². The molecule has 1 aromatic heterocycles. The molecule has 0 unspecified atom stereocenters. The number of hydrogen-bond acceptors (Lipinski definition) is 5. The van der Waals surface area contributed by atoms with Crippen LogP contribution in [-0.2, 0) is 17.4 Å². The lowest BCUT2D eigenvalue weighted by Crippen LogP contribution is -2.54. The summed E-state index contributed by atoms with van der Waals surface area (Å²) >= 11 is 0. The van der Waals surface area contributed by atoms with Gasteiger partial charge in [0.25, 0.3) is 5.56 Å². The molecule has 0 radical (unpaired) electrons. The number of amides is 3. The standard InChI is InChI=1S/C37H43F4N5O4/c1-7-19-42-36(49)45(23(3)4)24(5)22-44(33(47)21-26-13-18-31(38)30(20-26)37(39,40)41)25(6)34-43-32-12-10-9-11-29(32)35(48)46(34)27-14-16-28(17-15-27)50-8-2/h9-18,20,23-25H,7-8,19,21-22H2,1-6H3,(H,42,49)/t24-,25+/m0/s1. The summed E-state index contributed by atoms with van der Waals surface area (Å²) in [7, 11) is 0. The van der Waals surface area contributed by atoms with Crippen LogP contribution in [0.15, 0.2) is 71.5 Å². The van der Waals surface area contributed by atoms with Gasteiger partial charge in [0, 0.05) is 25.2 Å². The summed E-state index contributed by atoms with van der Waals surface area (Å²) in [5.41, 5.74) is -1.08. The van der Waals surface area contributed by atoms with Crippen LogP contribution in [0.2, 0.25) is 0 Å². The summed E-state index contributed by atoms with van der Waals surface area (Å²) in [4.78, 5) is 49.4. The first-order valence-electron chi connectivity index (χ1n) is 16.6. The number of aromatic nitrogens is 2. The Morgan fingerprint density at radius 2 is 1.66 bits per heavy atom. The van der Waals surface area contributed by atoms with Gasteiger partial charge in [0.05, 0.1) is 41.2 Å². The van der Waals surface area contributed by atoms with Crippen LogP contribution in [0.25, 0.3) is 16.6 Å². The summed E-state index contributed by atoms with van der Waals surface area (Å²) in [5, 5.41) is 3.21. The minimum absolute atomic E-state index is 0.0506. The van der Waals surface area contributed by atoms with Gasteiger partial charge in [-0.3, -0.25) is 14.2 Å². The van der Waals surface area contributed by atoms with Crippen LogP contribution in [-0.4, -0.2) is 63.1 Å². The molecule has 13 heteroatoms. The van der Waals surface area contributed by atoms with Crippen molar-refractivity contribution in [1.82, 2.24) is 24.7 Å². The van der Waals surface area contributed by atoms with E-state index in [0.29, 0.717) is 54.0 Å². The molecule has 9 nitrogen and oxygen atoms in total. The number of nitrogens with one attached hydrogen (secondary N) is 1. The molecular weight excluding hydrogens is 654 g/mol. The van der Waals surface area contributed by atoms with E-state index in [-0.39, 0.29) is 30.0 Å². The van der Waals surface area contributed by atoms with Gasteiger partial charge in [0.1, 0.15) is 17.4 Å². The van der Waals surface area contributed by atoms with Crippen molar-refractivity contribution in [3.05, 3.63) is 99.9 Å². The molecule has 2 atom stereocenters. The lowest BCUT2D eigenvalue weighted by molar-refractivity contribution is -0.140. The van der Waals surface area contributed by atoms with Crippen LogP contribution < -0.4 is 15.6 Å². The predicted molar refractivity (Wildman–Crippen MR) is 184 cm³/mol.